The van der Waals surface area contributed by atoms with Crippen molar-refractivity contribution >= 4 is 21.6 Å². The molecule has 0 saturated heterocycles. The van der Waals surface area contributed by atoms with Crippen molar-refractivity contribution in [1.29, 1.82) is 5.26 Å². The van der Waals surface area contributed by atoms with Crippen molar-refractivity contribution in [3.63, 3.8) is 0 Å². The van der Waals surface area contributed by atoms with Crippen LogP contribution in [0.15, 0.2) is 34.8 Å². The number of nitriles is 1. The van der Waals surface area contributed by atoms with Gasteiger partial charge in [0.1, 0.15) is 23.1 Å². The number of nitrogens with zero attached hydrogens (tertiary/aromatic N) is 2. The number of benzene rings is 2. The molecule has 0 saturated carbocycles. The lowest BCUT2D eigenvalue weighted by Crippen LogP contribution is -1.96. The summed E-state index contributed by atoms with van der Waals surface area (Å²) < 4.78 is 6.39. The van der Waals surface area contributed by atoms with E-state index in [1.807, 2.05) is 0 Å². The van der Waals surface area contributed by atoms with Crippen LogP contribution in [0.3, 0.4) is 0 Å². The molecule has 0 heterocycles. The fourth-order valence-electron chi connectivity index (χ4n) is 1.90. The van der Waals surface area contributed by atoms with Crippen LogP contribution in [-0.2, 0) is 0 Å². The van der Waals surface area contributed by atoms with Gasteiger partial charge in [-0.1, -0.05) is 6.07 Å². The fourth-order valence-corrected chi connectivity index (χ4v) is 2.33. The summed E-state index contributed by atoms with van der Waals surface area (Å²) in [5, 5.41) is 20.1. The van der Waals surface area contributed by atoms with Gasteiger partial charge in [-0.2, -0.15) is 5.26 Å². The number of hydrogen-bond donors (Lipinski definition) is 0. The smallest absolute Gasteiger partial charge is 0.272 e. The van der Waals surface area contributed by atoms with Gasteiger partial charge in [0.05, 0.1) is 4.92 Å². The van der Waals surface area contributed by atoms with E-state index in [1.54, 1.807) is 38.1 Å². The number of ether oxygens (including phenoxy) is 1. The molecular weight excluding hydrogens is 336 g/mol. The molecule has 0 radical (unpaired) electrons. The quantitative estimate of drug-likeness (QED) is 0.599. The van der Waals surface area contributed by atoms with Crippen molar-refractivity contribution in [2.24, 2.45) is 0 Å². The van der Waals surface area contributed by atoms with E-state index in [0.717, 1.165) is 0 Å². The van der Waals surface area contributed by atoms with Gasteiger partial charge in [-0.25, -0.2) is 0 Å². The van der Waals surface area contributed by atoms with Gasteiger partial charge in [-0.15, -0.1) is 0 Å². The molecule has 2 aromatic carbocycles. The average molecular weight is 347 g/mol. The minimum atomic E-state index is -0.425. The molecule has 0 N–H and O–H groups in total. The van der Waals surface area contributed by atoms with Crippen LogP contribution >= 0.6 is 15.9 Å². The molecular formula is C15H11BrN2O3. The SMILES string of the molecule is Cc1cc([N+](=O)[O-])c(C)cc1Oc1cccc(Br)c1C#N. The number of aryl methyl sites for hydroxylation is 2. The summed E-state index contributed by atoms with van der Waals surface area (Å²) in [5.41, 5.74) is 1.58. The van der Waals surface area contributed by atoms with Crippen LogP contribution in [0, 0.1) is 35.3 Å². The molecule has 6 heteroatoms. The lowest BCUT2D eigenvalue weighted by molar-refractivity contribution is -0.385. The van der Waals surface area contributed by atoms with Crippen molar-refractivity contribution in [2.75, 3.05) is 0 Å². The third kappa shape index (κ3) is 3.03. The minimum Gasteiger partial charge on any atom is -0.456 e. The van der Waals surface area contributed by atoms with Gasteiger partial charge < -0.3 is 4.74 Å². The zero-order valence-electron chi connectivity index (χ0n) is 11.4. The molecule has 0 amide bonds. The molecule has 2 rings (SSSR count). The van der Waals surface area contributed by atoms with E-state index in [1.165, 1.54) is 6.07 Å². The maximum Gasteiger partial charge on any atom is 0.272 e. The number of nitro groups is 1. The maximum atomic E-state index is 10.9. The highest BCUT2D eigenvalue weighted by atomic mass is 79.9. The molecule has 21 heavy (non-hydrogen) atoms. The summed E-state index contributed by atoms with van der Waals surface area (Å²) in [6.07, 6.45) is 0. The second-order valence-corrected chi connectivity index (χ2v) is 5.34. The Morgan fingerprint density at radius 3 is 2.57 bits per heavy atom. The van der Waals surface area contributed by atoms with Crippen molar-refractivity contribution < 1.29 is 9.66 Å². The van der Waals surface area contributed by atoms with E-state index in [-0.39, 0.29) is 5.69 Å². The van der Waals surface area contributed by atoms with E-state index in [9.17, 15) is 10.1 Å². The van der Waals surface area contributed by atoms with Crippen molar-refractivity contribution in [3.05, 3.63) is 61.6 Å². The third-order valence-corrected chi connectivity index (χ3v) is 3.66. The van der Waals surface area contributed by atoms with Gasteiger partial charge in [0.2, 0.25) is 0 Å². The lowest BCUT2D eigenvalue weighted by Gasteiger charge is -2.11. The predicted molar refractivity (Wildman–Crippen MR) is 81.5 cm³/mol. The normalized spacial score (nSPS) is 10.0. The minimum absolute atomic E-state index is 0.0506. The first-order valence-corrected chi connectivity index (χ1v) is 6.85. The molecule has 0 aliphatic heterocycles. The summed E-state index contributed by atoms with van der Waals surface area (Å²) in [6.45, 7) is 3.38. The zero-order chi connectivity index (χ0) is 15.6. The Morgan fingerprint density at radius 1 is 1.24 bits per heavy atom. The summed E-state index contributed by atoms with van der Waals surface area (Å²) in [6, 6.07) is 10.3. The van der Waals surface area contributed by atoms with E-state index >= 15 is 0 Å². The summed E-state index contributed by atoms with van der Waals surface area (Å²) in [5.74, 6) is 0.899. The van der Waals surface area contributed by atoms with Crippen LogP contribution < -0.4 is 4.74 Å². The van der Waals surface area contributed by atoms with Gasteiger partial charge in [0.15, 0.2) is 0 Å². The Morgan fingerprint density at radius 2 is 1.95 bits per heavy atom. The van der Waals surface area contributed by atoms with Gasteiger partial charge in [-0.3, -0.25) is 10.1 Å². The Bertz CT molecular complexity index is 766. The second-order valence-electron chi connectivity index (χ2n) is 4.49. The largest absolute Gasteiger partial charge is 0.456 e. The zero-order valence-corrected chi connectivity index (χ0v) is 13.0. The van der Waals surface area contributed by atoms with Crippen LogP contribution in [0.5, 0.6) is 11.5 Å². The van der Waals surface area contributed by atoms with Crippen LogP contribution in [-0.4, -0.2) is 4.92 Å². The van der Waals surface area contributed by atoms with Crippen LogP contribution in [0.2, 0.25) is 0 Å². The van der Waals surface area contributed by atoms with E-state index in [0.29, 0.717) is 32.7 Å². The summed E-state index contributed by atoms with van der Waals surface area (Å²) in [4.78, 5) is 10.5. The van der Waals surface area contributed by atoms with Gasteiger partial charge in [0, 0.05) is 16.1 Å². The monoisotopic (exact) mass is 346 g/mol. The summed E-state index contributed by atoms with van der Waals surface area (Å²) >= 11 is 3.29. The van der Waals surface area contributed by atoms with E-state index in [2.05, 4.69) is 22.0 Å². The Hall–Kier alpha value is -2.39. The lowest BCUT2D eigenvalue weighted by atomic mass is 10.1. The van der Waals surface area contributed by atoms with Crippen LogP contribution in [0.1, 0.15) is 16.7 Å². The number of hydrogen-bond acceptors (Lipinski definition) is 4. The maximum absolute atomic E-state index is 10.9. The van der Waals surface area contributed by atoms with Gasteiger partial charge >= 0.3 is 0 Å². The molecule has 0 fully saturated rings. The van der Waals surface area contributed by atoms with Gasteiger partial charge in [-0.05, 0) is 53.5 Å². The molecule has 106 valence electrons. The standard InChI is InChI=1S/C15H11BrN2O3/c1-9-7-15(10(2)6-13(9)18(19)20)21-14-5-3-4-12(16)11(14)8-17/h3-7H,1-2H3. The molecule has 0 aromatic heterocycles. The Kier molecular flexibility index (Phi) is 4.24. The molecule has 0 spiro atoms. The van der Waals surface area contributed by atoms with Crippen LogP contribution in [0.25, 0.3) is 0 Å². The van der Waals surface area contributed by atoms with E-state index < -0.39 is 4.92 Å². The number of halogens is 1. The van der Waals surface area contributed by atoms with Crippen molar-refractivity contribution in [1.82, 2.24) is 0 Å². The molecule has 5 nitrogen and oxygen atoms in total. The Labute approximate surface area is 130 Å². The Balaban J connectivity index is 2.47. The average Bonchev–Trinajstić information content (AvgIpc) is 2.42. The summed E-state index contributed by atoms with van der Waals surface area (Å²) in [7, 11) is 0. The highest BCUT2D eigenvalue weighted by Crippen LogP contribution is 2.34. The van der Waals surface area contributed by atoms with Crippen molar-refractivity contribution in [3.8, 4) is 17.6 Å². The molecule has 0 aliphatic carbocycles. The van der Waals surface area contributed by atoms with Crippen molar-refractivity contribution in [2.45, 2.75) is 13.8 Å². The molecule has 0 unspecified atom stereocenters. The van der Waals surface area contributed by atoms with Crippen LogP contribution in [0.4, 0.5) is 5.69 Å². The number of rotatable bonds is 3. The third-order valence-electron chi connectivity index (χ3n) is 3.00. The van der Waals surface area contributed by atoms with E-state index in [4.69, 9.17) is 10.00 Å². The second kappa shape index (κ2) is 5.94. The first kappa shape index (κ1) is 15.0. The molecule has 0 aliphatic rings. The molecule has 0 atom stereocenters. The first-order valence-electron chi connectivity index (χ1n) is 6.06. The topological polar surface area (TPSA) is 76.2 Å². The first-order chi connectivity index (χ1) is 9.93. The number of nitro benzene ring substituents is 1. The molecule has 2 aromatic rings. The van der Waals surface area contributed by atoms with Gasteiger partial charge in [0.25, 0.3) is 5.69 Å². The highest BCUT2D eigenvalue weighted by molar-refractivity contribution is 9.10. The highest BCUT2D eigenvalue weighted by Gasteiger charge is 2.16. The fraction of sp³-hybridized carbons (Fsp3) is 0.133. The molecule has 0 bridgehead atoms. The predicted octanol–water partition coefficient (Wildman–Crippen LogP) is 4.64.